The highest BCUT2D eigenvalue weighted by Crippen LogP contribution is 2.26. The smallest absolute Gasteiger partial charge is 0.258 e. The van der Waals surface area contributed by atoms with Crippen LogP contribution >= 0.6 is 23.2 Å². The summed E-state index contributed by atoms with van der Waals surface area (Å²) in [6.45, 7) is 2.64. The minimum Gasteiger partial charge on any atom is -1.00 e. The van der Waals surface area contributed by atoms with Crippen LogP contribution in [0.5, 0.6) is 0 Å². The van der Waals surface area contributed by atoms with Gasteiger partial charge in [0, 0.05) is 24.1 Å². The van der Waals surface area contributed by atoms with Crippen LogP contribution in [0.3, 0.4) is 0 Å². The van der Waals surface area contributed by atoms with Crippen molar-refractivity contribution in [1.29, 1.82) is 0 Å². The summed E-state index contributed by atoms with van der Waals surface area (Å²) in [5, 5.41) is 3.54. The number of quaternary nitrogens is 1. The van der Waals surface area contributed by atoms with E-state index in [1.807, 2.05) is 12.1 Å². The molecule has 152 valence electrons. The Hall–Kier alpha value is -0.860. The van der Waals surface area contributed by atoms with E-state index in [9.17, 15) is 4.79 Å². The molecule has 4 nitrogen and oxygen atoms in total. The number of hydrogen-bond acceptors (Lipinski definition) is 2. The average molecular weight is 535 g/mol. The standard InChI is InChI=1S/C21H24Cl2N2O2.HI/c1-25(2,17-10-12-27-13-11-17)14-15-6-8-16(9-7-15)24-21(26)20-18(22)4-3-5-19(20)23;/h3-9,17H,10-14H2,1-2H3;1H. The largest absolute Gasteiger partial charge is 1.00 e. The molecule has 1 N–H and O–H groups in total. The molecule has 0 saturated carbocycles. The lowest BCUT2D eigenvalue weighted by Crippen LogP contribution is -3.00. The number of halogens is 3. The van der Waals surface area contributed by atoms with Gasteiger partial charge in [0.1, 0.15) is 6.54 Å². The second-order valence-corrected chi connectivity index (χ2v) is 8.34. The molecule has 0 spiro atoms. The molecule has 0 radical (unpaired) electrons. The van der Waals surface area contributed by atoms with E-state index in [-0.39, 0.29) is 29.9 Å². The van der Waals surface area contributed by atoms with Crippen LogP contribution in [0.2, 0.25) is 10.0 Å². The molecule has 0 aliphatic carbocycles. The molecule has 1 fully saturated rings. The molecular formula is C21H25Cl2IN2O2. The Morgan fingerprint density at radius 2 is 1.64 bits per heavy atom. The van der Waals surface area contributed by atoms with Gasteiger partial charge in [-0.15, -0.1) is 0 Å². The molecular weight excluding hydrogens is 510 g/mol. The highest BCUT2D eigenvalue weighted by atomic mass is 127. The third kappa shape index (κ3) is 5.83. The number of hydrogen-bond donors (Lipinski definition) is 1. The van der Waals surface area contributed by atoms with E-state index in [1.54, 1.807) is 18.2 Å². The van der Waals surface area contributed by atoms with E-state index in [0.29, 0.717) is 21.7 Å². The fraction of sp³-hybridized carbons (Fsp3) is 0.381. The maximum Gasteiger partial charge on any atom is 0.258 e. The minimum atomic E-state index is -0.309. The lowest BCUT2D eigenvalue weighted by Gasteiger charge is -2.40. The Kier molecular flexibility index (Phi) is 8.58. The first kappa shape index (κ1) is 23.4. The topological polar surface area (TPSA) is 38.3 Å². The second kappa shape index (κ2) is 10.3. The van der Waals surface area contributed by atoms with Crippen molar-refractivity contribution >= 4 is 34.8 Å². The van der Waals surface area contributed by atoms with E-state index in [1.165, 1.54) is 5.56 Å². The first-order valence-corrected chi connectivity index (χ1v) is 9.87. The minimum absolute atomic E-state index is 0. The highest BCUT2D eigenvalue weighted by Gasteiger charge is 2.30. The van der Waals surface area contributed by atoms with Crippen molar-refractivity contribution in [2.75, 3.05) is 32.6 Å². The molecule has 0 bridgehead atoms. The lowest BCUT2D eigenvalue weighted by molar-refractivity contribution is -0.929. The normalized spacial score (nSPS) is 15.0. The van der Waals surface area contributed by atoms with Crippen LogP contribution < -0.4 is 29.3 Å². The molecule has 3 rings (SSSR count). The number of anilines is 1. The number of nitrogens with one attached hydrogen (secondary N) is 1. The first-order chi connectivity index (χ1) is 12.9. The molecule has 0 aromatic heterocycles. The van der Waals surface area contributed by atoms with Gasteiger partial charge in [-0.25, -0.2) is 0 Å². The van der Waals surface area contributed by atoms with Gasteiger partial charge >= 0.3 is 0 Å². The van der Waals surface area contributed by atoms with Gasteiger partial charge in [-0.2, -0.15) is 0 Å². The van der Waals surface area contributed by atoms with Crippen molar-refractivity contribution in [2.24, 2.45) is 0 Å². The van der Waals surface area contributed by atoms with Gasteiger partial charge in [-0.1, -0.05) is 41.4 Å². The first-order valence-electron chi connectivity index (χ1n) is 9.11. The second-order valence-electron chi connectivity index (χ2n) is 7.53. The molecule has 2 aromatic carbocycles. The average Bonchev–Trinajstić information content (AvgIpc) is 2.64. The van der Waals surface area contributed by atoms with Crippen molar-refractivity contribution in [1.82, 2.24) is 0 Å². The molecule has 0 unspecified atom stereocenters. The van der Waals surface area contributed by atoms with E-state index < -0.39 is 0 Å². The Morgan fingerprint density at radius 3 is 2.21 bits per heavy atom. The van der Waals surface area contributed by atoms with E-state index >= 15 is 0 Å². The zero-order chi connectivity index (χ0) is 19.4. The number of carbonyl (C=O) groups is 1. The van der Waals surface area contributed by atoms with Crippen molar-refractivity contribution in [3.05, 3.63) is 63.6 Å². The van der Waals surface area contributed by atoms with Gasteiger partial charge in [0.25, 0.3) is 5.91 Å². The quantitative estimate of drug-likeness (QED) is 0.471. The Morgan fingerprint density at radius 1 is 1.07 bits per heavy atom. The molecule has 1 amide bonds. The maximum absolute atomic E-state index is 12.5. The molecule has 1 aliphatic rings. The van der Waals surface area contributed by atoms with Crippen LogP contribution in [0.25, 0.3) is 0 Å². The van der Waals surface area contributed by atoms with Crippen LogP contribution in [0.4, 0.5) is 5.69 Å². The zero-order valence-corrected chi connectivity index (χ0v) is 19.7. The van der Waals surface area contributed by atoms with Crippen molar-refractivity contribution in [3.8, 4) is 0 Å². The van der Waals surface area contributed by atoms with Gasteiger partial charge in [0.15, 0.2) is 0 Å². The van der Waals surface area contributed by atoms with Crippen LogP contribution in [0.1, 0.15) is 28.8 Å². The molecule has 28 heavy (non-hydrogen) atoms. The summed E-state index contributed by atoms with van der Waals surface area (Å²) in [5.74, 6) is -0.309. The van der Waals surface area contributed by atoms with Crippen molar-refractivity contribution < 1.29 is 38.0 Å². The molecule has 1 heterocycles. The third-order valence-corrected chi connectivity index (χ3v) is 5.80. The van der Waals surface area contributed by atoms with Crippen molar-refractivity contribution in [2.45, 2.75) is 25.4 Å². The van der Waals surface area contributed by atoms with Crippen LogP contribution in [-0.2, 0) is 11.3 Å². The summed E-state index contributed by atoms with van der Waals surface area (Å²) in [6.07, 6.45) is 2.19. The summed E-state index contributed by atoms with van der Waals surface area (Å²) < 4.78 is 6.42. The Bertz CT molecular complexity index is 786. The number of carbonyl (C=O) groups excluding carboxylic acids is 1. The van der Waals surface area contributed by atoms with Gasteiger partial charge in [0.2, 0.25) is 0 Å². The predicted octanol–water partition coefficient (Wildman–Crippen LogP) is 2.01. The molecule has 0 atom stereocenters. The lowest BCUT2D eigenvalue weighted by atomic mass is 10.0. The van der Waals surface area contributed by atoms with Crippen LogP contribution in [-0.4, -0.2) is 43.7 Å². The number of rotatable bonds is 5. The number of nitrogens with zero attached hydrogens (tertiary/aromatic N) is 1. The van der Waals surface area contributed by atoms with Crippen molar-refractivity contribution in [3.63, 3.8) is 0 Å². The summed E-state index contributed by atoms with van der Waals surface area (Å²) in [7, 11) is 4.54. The van der Waals surface area contributed by atoms with Gasteiger partial charge in [-0.3, -0.25) is 4.79 Å². The van der Waals surface area contributed by atoms with Crippen LogP contribution in [0.15, 0.2) is 42.5 Å². The Balaban J connectivity index is 0.00000280. The third-order valence-electron chi connectivity index (χ3n) is 5.17. The number of ether oxygens (including phenoxy) is 1. The highest BCUT2D eigenvalue weighted by molar-refractivity contribution is 6.40. The Labute approximate surface area is 193 Å². The maximum atomic E-state index is 12.5. The SMILES string of the molecule is C[N+](C)(Cc1ccc(NC(=O)c2c(Cl)cccc2Cl)cc1)C1CCOCC1.[I-]. The predicted molar refractivity (Wildman–Crippen MR) is 111 cm³/mol. The number of amides is 1. The number of benzene rings is 2. The van der Waals surface area contributed by atoms with Gasteiger partial charge < -0.3 is 38.5 Å². The zero-order valence-electron chi connectivity index (χ0n) is 16.1. The molecule has 7 heteroatoms. The molecule has 1 aliphatic heterocycles. The van der Waals surface area contributed by atoms with E-state index in [4.69, 9.17) is 27.9 Å². The summed E-state index contributed by atoms with van der Waals surface area (Å²) in [4.78, 5) is 12.5. The van der Waals surface area contributed by atoms with Gasteiger partial charge in [-0.05, 0) is 24.3 Å². The summed E-state index contributed by atoms with van der Waals surface area (Å²) in [5.41, 5.74) is 2.25. The van der Waals surface area contributed by atoms with E-state index in [0.717, 1.165) is 42.8 Å². The van der Waals surface area contributed by atoms with E-state index in [2.05, 4.69) is 31.5 Å². The molecule has 2 aromatic rings. The fourth-order valence-corrected chi connectivity index (χ4v) is 4.15. The monoisotopic (exact) mass is 534 g/mol. The fourth-order valence-electron chi connectivity index (χ4n) is 3.59. The van der Waals surface area contributed by atoms with Gasteiger partial charge in [0.05, 0.1) is 49.0 Å². The summed E-state index contributed by atoms with van der Waals surface area (Å²) in [6, 6.07) is 13.6. The van der Waals surface area contributed by atoms with Crippen LogP contribution in [0, 0.1) is 0 Å². The molecule has 1 saturated heterocycles. The summed E-state index contributed by atoms with van der Waals surface area (Å²) >= 11 is 12.2.